The second-order valence-corrected chi connectivity index (χ2v) is 8.20. The smallest absolute Gasteiger partial charge is 0.407 e. The first kappa shape index (κ1) is 21.6. The Kier molecular flexibility index (Phi) is 10.3. The van der Waals surface area contributed by atoms with Crippen LogP contribution in [0.5, 0.6) is 0 Å². The molecule has 140 valence electrons. The third kappa shape index (κ3) is 12.5. The second kappa shape index (κ2) is 12.0. The molecular formula is C20H31NO3S. The molecule has 1 aromatic carbocycles. The van der Waals surface area contributed by atoms with E-state index < -0.39 is 5.60 Å². The van der Waals surface area contributed by atoms with Gasteiger partial charge in [0.15, 0.2) is 5.12 Å². The fourth-order valence-corrected chi connectivity index (χ4v) is 3.06. The maximum atomic E-state index is 11.8. The van der Waals surface area contributed by atoms with E-state index in [9.17, 15) is 9.59 Å². The Morgan fingerprint density at radius 2 is 1.72 bits per heavy atom. The van der Waals surface area contributed by atoms with Gasteiger partial charge in [-0.1, -0.05) is 54.9 Å². The zero-order valence-corrected chi connectivity index (χ0v) is 16.5. The lowest BCUT2D eigenvalue weighted by atomic mass is 10.1. The van der Waals surface area contributed by atoms with Crippen LogP contribution in [0.1, 0.15) is 58.4 Å². The molecule has 0 aliphatic rings. The Morgan fingerprint density at radius 3 is 2.40 bits per heavy atom. The lowest BCUT2D eigenvalue weighted by Gasteiger charge is -2.19. The highest BCUT2D eigenvalue weighted by Crippen LogP contribution is 2.13. The SMILES string of the molecule is CC(C)(C)OC(=O)NCCCCCCSC(=O)CCc1ccccc1. The lowest BCUT2D eigenvalue weighted by molar-refractivity contribution is -0.110. The molecule has 1 N–H and O–H groups in total. The van der Waals surface area contributed by atoms with E-state index in [1.807, 2.05) is 39.0 Å². The minimum Gasteiger partial charge on any atom is -0.444 e. The van der Waals surface area contributed by atoms with Gasteiger partial charge in [0.25, 0.3) is 0 Å². The van der Waals surface area contributed by atoms with E-state index in [1.165, 1.54) is 17.3 Å². The lowest BCUT2D eigenvalue weighted by Crippen LogP contribution is -2.32. The Balaban J connectivity index is 1.93. The molecule has 0 aliphatic carbocycles. The van der Waals surface area contributed by atoms with Gasteiger partial charge in [0.1, 0.15) is 5.60 Å². The van der Waals surface area contributed by atoms with E-state index in [0.29, 0.717) is 13.0 Å². The van der Waals surface area contributed by atoms with Gasteiger partial charge in [-0.2, -0.15) is 0 Å². The van der Waals surface area contributed by atoms with Crippen LogP contribution in [0.3, 0.4) is 0 Å². The average Bonchev–Trinajstić information content (AvgIpc) is 2.54. The molecule has 0 unspecified atom stereocenters. The van der Waals surface area contributed by atoms with Crippen LogP contribution in [-0.4, -0.2) is 29.1 Å². The molecule has 4 nitrogen and oxygen atoms in total. The summed E-state index contributed by atoms with van der Waals surface area (Å²) in [5.74, 6) is 0.882. The molecule has 0 spiro atoms. The van der Waals surface area contributed by atoms with Crippen molar-refractivity contribution in [3.05, 3.63) is 35.9 Å². The first-order chi connectivity index (χ1) is 11.9. The number of thioether (sulfide) groups is 1. The van der Waals surface area contributed by atoms with Gasteiger partial charge in [0.05, 0.1) is 0 Å². The van der Waals surface area contributed by atoms with Crippen molar-refractivity contribution >= 4 is 23.0 Å². The Labute approximate surface area is 156 Å². The van der Waals surface area contributed by atoms with E-state index in [4.69, 9.17) is 4.74 Å². The Bertz CT molecular complexity index is 511. The molecule has 1 amide bonds. The standard InChI is InChI=1S/C20H31NO3S/c1-20(2,3)24-19(23)21-15-9-4-5-10-16-25-18(22)14-13-17-11-7-6-8-12-17/h6-8,11-12H,4-5,9-10,13-16H2,1-3H3,(H,21,23). The first-order valence-corrected chi connectivity index (χ1v) is 10.0. The van der Waals surface area contributed by atoms with Crippen molar-refractivity contribution in [1.29, 1.82) is 0 Å². The van der Waals surface area contributed by atoms with Crippen LogP contribution in [0, 0.1) is 0 Å². The van der Waals surface area contributed by atoms with Gasteiger partial charge < -0.3 is 10.1 Å². The Morgan fingerprint density at radius 1 is 1.04 bits per heavy atom. The summed E-state index contributed by atoms with van der Waals surface area (Å²) in [6.45, 7) is 6.19. The van der Waals surface area contributed by atoms with Crippen molar-refractivity contribution < 1.29 is 14.3 Å². The van der Waals surface area contributed by atoms with Gasteiger partial charge in [-0.05, 0) is 45.6 Å². The molecular weight excluding hydrogens is 334 g/mol. The highest BCUT2D eigenvalue weighted by molar-refractivity contribution is 8.13. The highest BCUT2D eigenvalue weighted by atomic mass is 32.2. The minimum atomic E-state index is -0.450. The van der Waals surface area contributed by atoms with Crippen molar-refractivity contribution in [2.24, 2.45) is 0 Å². The summed E-state index contributed by atoms with van der Waals surface area (Å²) in [6, 6.07) is 10.1. The topological polar surface area (TPSA) is 55.4 Å². The predicted molar refractivity (Wildman–Crippen MR) is 105 cm³/mol. The summed E-state index contributed by atoms with van der Waals surface area (Å²) in [4.78, 5) is 23.3. The van der Waals surface area contributed by atoms with E-state index in [1.54, 1.807) is 0 Å². The number of nitrogens with one attached hydrogen (secondary N) is 1. The molecule has 0 saturated carbocycles. The van der Waals surface area contributed by atoms with Gasteiger partial charge in [-0.3, -0.25) is 4.79 Å². The van der Waals surface area contributed by atoms with E-state index in [0.717, 1.165) is 37.9 Å². The van der Waals surface area contributed by atoms with Crippen molar-refractivity contribution in [3.8, 4) is 0 Å². The largest absolute Gasteiger partial charge is 0.444 e. The van der Waals surface area contributed by atoms with Gasteiger partial charge in [-0.15, -0.1) is 0 Å². The monoisotopic (exact) mass is 365 g/mol. The van der Waals surface area contributed by atoms with E-state index in [-0.39, 0.29) is 11.2 Å². The average molecular weight is 366 g/mol. The second-order valence-electron chi connectivity index (χ2n) is 7.05. The molecule has 0 aliphatic heterocycles. The van der Waals surface area contributed by atoms with Crippen molar-refractivity contribution in [1.82, 2.24) is 5.32 Å². The number of ether oxygens (including phenoxy) is 1. The zero-order chi connectivity index (χ0) is 18.5. The third-order valence-electron chi connectivity index (χ3n) is 3.46. The maximum Gasteiger partial charge on any atom is 0.407 e. The summed E-state index contributed by atoms with van der Waals surface area (Å²) in [6.07, 6.45) is 5.17. The molecule has 0 fully saturated rings. The van der Waals surface area contributed by atoms with Crippen LogP contribution in [0.15, 0.2) is 30.3 Å². The number of carbonyl (C=O) groups is 2. The van der Waals surface area contributed by atoms with Gasteiger partial charge >= 0.3 is 6.09 Å². The van der Waals surface area contributed by atoms with Crippen LogP contribution in [-0.2, 0) is 16.0 Å². The van der Waals surface area contributed by atoms with Crippen LogP contribution in [0.2, 0.25) is 0 Å². The van der Waals surface area contributed by atoms with Crippen LogP contribution in [0.25, 0.3) is 0 Å². The number of amides is 1. The molecule has 0 aromatic heterocycles. The fraction of sp³-hybridized carbons (Fsp3) is 0.600. The summed E-state index contributed by atoms with van der Waals surface area (Å²) in [7, 11) is 0. The summed E-state index contributed by atoms with van der Waals surface area (Å²) < 4.78 is 5.17. The number of carbonyl (C=O) groups excluding carboxylic acids is 2. The normalized spacial score (nSPS) is 11.2. The first-order valence-electron chi connectivity index (χ1n) is 9.03. The molecule has 0 saturated heterocycles. The van der Waals surface area contributed by atoms with Crippen LogP contribution < -0.4 is 5.32 Å². The van der Waals surface area contributed by atoms with Crippen molar-refractivity contribution in [2.45, 2.75) is 64.9 Å². The van der Waals surface area contributed by atoms with Gasteiger partial charge in [0.2, 0.25) is 0 Å². The van der Waals surface area contributed by atoms with Gasteiger partial charge in [0, 0.05) is 18.7 Å². The maximum absolute atomic E-state index is 11.8. The van der Waals surface area contributed by atoms with Crippen LogP contribution in [0.4, 0.5) is 4.79 Å². The Hall–Kier alpha value is -1.49. The van der Waals surface area contributed by atoms with Crippen LogP contribution >= 0.6 is 11.8 Å². The molecule has 0 atom stereocenters. The number of aryl methyl sites for hydroxylation is 1. The minimum absolute atomic E-state index is 0.274. The van der Waals surface area contributed by atoms with E-state index >= 15 is 0 Å². The molecule has 1 rings (SSSR count). The number of hydrogen-bond acceptors (Lipinski definition) is 4. The highest BCUT2D eigenvalue weighted by Gasteiger charge is 2.15. The number of alkyl carbamates (subject to hydrolysis) is 1. The number of unbranched alkanes of at least 4 members (excludes halogenated alkanes) is 3. The summed E-state index contributed by atoms with van der Waals surface area (Å²) >= 11 is 1.44. The van der Waals surface area contributed by atoms with Crippen molar-refractivity contribution in [2.75, 3.05) is 12.3 Å². The van der Waals surface area contributed by atoms with E-state index in [2.05, 4.69) is 17.4 Å². The molecule has 25 heavy (non-hydrogen) atoms. The molecule has 0 heterocycles. The number of benzene rings is 1. The third-order valence-corrected chi connectivity index (χ3v) is 4.48. The summed E-state index contributed by atoms with van der Waals surface area (Å²) in [5.41, 5.74) is 0.767. The zero-order valence-electron chi connectivity index (χ0n) is 15.7. The molecule has 1 aromatic rings. The number of hydrogen-bond donors (Lipinski definition) is 1. The number of rotatable bonds is 10. The van der Waals surface area contributed by atoms with Gasteiger partial charge in [-0.25, -0.2) is 4.79 Å². The fourth-order valence-electron chi connectivity index (χ4n) is 2.23. The predicted octanol–water partition coefficient (Wildman–Crippen LogP) is 4.96. The molecule has 5 heteroatoms. The summed E-state index contributed by atoms with van der Waals surface area (Å²) in [5, 5.41) is 3.03. The van der Waals surface area contributed by atoms with Crippen molar-refractivity contribution in [3.63, 3.8) is 0 Å². The molecule has 0 bridgehead atoms. The quantitative estimate of drug-likeness (QED) is 0.595. The molecule has 0 radical (unpaired) electrons.